The first-order valence-electron chi connectivity index (χ1n) is 11.5. The van der Waals surface area contributed by atoms with Gasteiger partial charge in [0.1, 0.15) is 11.8 Å². The highest BCUT2D eigenvalue weighted by atomic mass is 32.1. The molecule has 168 valence electrons. The molecule has 1 amide bonds. The zero-order valence-corrected chi connectivity index (χ0v) is 19.9. The predicted molar refractivity (Wildman–Crippen MR) is 123 cm³/mol. The molecule has 1 N–H and O–H groups in total. The van der Waals surface area contributed by atoms with Gasteiger partial charge in [-0.1, -0.05) is 58.3 Å². The van der Waals surface area contributed by atoms with Gasteiger partial charge in [0.15, 0.2) is 5.11 Å². The van der Waals surface area contributed by atoms with Gasteiger partial charge in [-0.2, -0.15) is 0 Å². The van der Waals surface area contributed by atoms with Crippen molar-refractivity contribution in [2.24, 2.45) is 0 Å². The highest BCUT2D eigenvalue weighted by Crippen LogP contribution is 2.25. The van der Waals surface area contributed by atoms with Gasteiger partial charge < -0.3 is 14.8 Å². The average molecular weight is 427 g/mol. The first-order valence-corrected chi connectivity index (χ1v) is 11.9. The minimum atomic E-state index is -0.713. The van der Waals surface area contributed by atoms with Crippen LogP contribution in [0.4, 0.5) is 0 Å². The van der Waals surface area contributed by atoms with Crippen molar-refractivity contribution in [3.8, 4) is 0 Å². The predicted octanol–water partition coefficient (Wildman–Crippen LogP) is 4.85. The highest BCUT2D eigenvalue weighted by Gasteiger charge is 2.40. The van der Waals surface area contributed by atoms with Crippen molar-refractivity contribution >= 4 is 29.0 Å². The zero-order valence-electron chi connectivity index (χ0n) is 19.0. The number of carbonyl (C=O) groups excluding carboxylic acids is 2. The first-order chi connectivity index (χ1) is 13.7. The number of likely N-dealkylation sites (N-methyl/N-ethyl adjacent to an activating group) is 1. The first kappa shape index (κ1) is 26.0. The lowest BCUT2D eigenvalue weighted by Crippen LogP contribution is -2.39. The van der Waals surface area contributed by atoms with Crippen molar-refractivity contribution in [2.75, 3.05) is 13.6 Å². The number of rotatable bonds is 16. The number of hydrogen-bond donors (Lipinski definition) is 1. The van der Waals surface area contributed by atoms with E-state index in [1.807, 2.05) is 11.8 Å². The van der Waals surface area contributed by atoms with Gasteiger partial charge in [-0.3, -0.25) is 9.69 Å². The summed E-state index contributed by atoms with van der Waals surface area (Å²) < 4.78 is 0. The molecule has 0 aromatic rings. The fraction of sp³-hybridized carbons (Fsp3) is 0.870. The van der Waals surface area contributed by atoms with Crippen LogP contribution in [0.15, 0.2) is 0 Å². The van der Waals surface area contributed by atoms with Crippen LogP contribution in [-0.4, -0.2) is 56.9 Å². The van der Waals surface area contributed by atoms with Crippen molar-refractivity contribution < 1.29 is 14.7 Å². The molecule has 0 aliphatic carbocycles. The maximum atomic E-state index is 12.6. The lowest BCUT2D eigenvalue weighted by atomic mass is 9.94. The molecule has 0 spiro atoms. The third-order valence-electron chi connectivity index (χ3n) is 5.99. The van der Waals surface area contributed by atoms with Crippen LogP contribution in [0.1, 0.15) is 104 Å². The summed E-state index contributed by atoms with van der Waals surface area (Å²) in [5.41, 5.74) is -0.713. The van der Waals surface area contributed by atoms with Gasteiger partial charge in [0.2, 0.25) is 0 Å². The van der Waals surface area contributed by atoms with E-state index in [0.717, 1.165) is 57.8 Å². The van der Waals surface area contributed by atoms with Gasteiger partial charge in [0.25, 0.3) is 5.91 Å². The van der Waals surface area contributed by atoms with E-state index in [2.05, 4.69) is 6.92 Å². The molecule has 5 nitrogen and oxygen atoms in total. The molecular weight excluding hydrogens is 384 g/mol. The third kappa shape index (κ3) is 9.56. The molecule has 1 heterocycles. The standard InChI is InChI=1S/C23H42N2O3S/c1-5-6-7-13-16-23(3,28)17-18-25-20(21(27)24(4)22(25)29)15-12-10-8-9-11-14-19(2)26/h20,28H,5-18H2,1-4H3. The van der Waals surface area contributed by atoms with Gasteiger partial charge in [-0.05, 0) is 51.7 Å². The average Bonchev–Trinajstić information content (AvgIpc) is 2.86. The second-order valence-electron chi connectivity index (χ2n) is 8.96. The Hall–Kier alpha value is -1.01. The third-order valence-corrected chi connectivity index (χ3v) is 6.50. The van der Waals surface area contributed by atoms with Gasteiger partial charge >= 0.3 is 0 Å². The quantitative estimate of drug-likeness (QED) is 0.282. The summed E-state index contributed by atoms with van der Waals surface area (Å²) >= 11 is 5.51. The molecule has 1 saturated heterocycles. The molecule has 1 aliphatic heterocycles. The Labute approximate surface area is 183 Å². The van der Waals surface area contributed by atoms with Crippen LogP contribution in [-0.2, 0) is 9.59 Å². The van der Waals surface area contributed by atoms with Gasteiger partial charge in [0, 0.05) is 20.0 Å². The SMILES string of the molecule is CCCCCCC(C)(O)CCN1C(=S)N(C)C(=O)C1CCCCCCCC(C)=O. The molecule has 1 fully saturated rings. The summed E-state index contributed by atoms with van der Waals surface area (Å²) in [5.74, 6) is 0.337. The van der Waals surface area contributed by atoms with E-state index in [4.69, 9.17) is 12.2 Å². The number of aliphatic hydroxyl groups is 1. The number of thiocarbonyl (C=S) groups is 1. The van der Waals surface area contributed by atoms with Crippen LogP contribution >= 0.6 is 12.2 Å². The number of hydrogen-bond acceptors (Lipinski definition) is 4. The van der Waals surface area contributed by atoms with Crippen LogP contribution in [0.25, 0.3) is 0 Å². The molecule has 29 heavy (non-hydrogen) atoms. The van der Waals surface area contributed by atoms with Crippen molar-refractivity contribution in [1.82, 2.24) is 9.80 Å². The summed E-state index contributed by atoms with van der Waals surface area (Å²) in [4.78, 5) is 27.2. The summed E-state index contributed by atoms with van der Waals surface area (Å²) in [6.07, 6.45) is 12.7. The van der Waals surface area contributed by atoms with E-state index in [9.17, 15) is 14.7 Å². The number of carbonyl (C=O) groups is 2. The van der Waals surface area contributed by atoms with E-state index < -0.39 is 5.60 Å². The van der Waals surface area contributed by atoms with E-state index >= 15 is 0 Å². The Morgan fingerprint density at radius 3 is 2.34 bits per heavy atom. The van der Waals surface area contributed by atoms with E-state index in [0.29, 0.717) is 24.5 Å². The van der Waals surface area contributed by atoms with Gasteiger partial charge in [0.05, 0.1) is 5.60 Å². The lowest BCUT2D eigenvalue weighted by Gasteiger charge is -2.29. The highest BCUT2D eigenvalue weighted by molar-refractivity contribution is 7.80. The summed E-state index contributed by atoms with van der Waals surface area (Å²) in [6.45, 7) is 6.35. The van der Waals surface area contributed by atoms with E-state index in [1.165, 1.54) is 12.8 Å². The second kappa shape index (κ2) is 13.3. The fourth-order valence-electron chi connectivity index (χ4n) is 3.97. The van der Waals surface area contributed by atoms with Gasteiger partial charge in [-0.25, -0.2) is 0 Å². The number of ketones is 1. The Kier molecular flexibility index (Phi) is 12.0. The smallest absolute Gasteiger partial charge is 0.251 e. The zero-order chi connectivity index (χ0) is 21.9. The molecule has 6 heteroatoms. The molecule has 0 radical (unpaired) electrons. The molecule has 2 atom stereocenters. The minimum Gasteiger partial charge on any atom is -0.390 e. The molecule has 0 aromatic carbocycles. The molecule has 0 aromatic heterocycles. The van der Waals surface area contributed by atoms with Crippen molar-refractivity contribution in [1.29, 1.82) is 0 Å². The summed E-state index contributed by atoms with van der Waals surface area (Å²) in [5, 5.41) is 11.3. The molecule has 0 saturated carbocycles. The monoisotopic (exact) mass is 426 g/mol. The molecule has 1 aliphatic rings. The number of Topliss-reactive ketones (excluding diaryl/α,β-unsaturated/α-hetero) is 1. The molecule has 0 bridgehead atoms. The molecule has 2 unspecified atom stereocenters. The van der Waals surface area contributed by atoms with Crippen LogP contribution in [0.2, 0.25) is 0 Å². The van der Waals surface area contributed by atoms with Gasteiger partial charge in [-0.15, -0.1) is 0 Å². The van der Waals surface area contributed by atoms with Crippen LogP contribution in [0.3, 0.4) is 0 Å². The number of nitrogens with zero attached hydrogens (tertiary/aromatic N) is 2. The van der Waals surface area contributed by atoms with Crippen LogP contribution in [0.5, 0.6) is 0 Å². The Balaban J connectivity index is 2.44. The number of amides is 1. The van der Waals surface area contributed by atoms with E-state index in [1.54, 1.807) is 18.9 Å². The Morgan fingerprint density at radius 1 is 1.07 bits per heavy atom. The Bertz CT molecular complexity index is 536. The summed E-state index contributed by atoms with van der Waals surface area (Å²) in [6, 6.07) is -0.194. The summed E-state index contributed by atoms with van der Waals surface area (Å²) in [7, 11) is 1.75. The van der Waals surface area contributed by atoms with Crippen molar-refractivity contribution in [2.45, 2.75) is 116 Å². The van der Waals surface area contributed by atoms with Crippen LogP contribution in [0, 0.1) is 0 Å². The van der Waals surface area contributed by atoms with Crippen LogP contribution < -0.4 is 0 Å². The largest absolute Gasteiger partial charge is 0.390 e. The maximum Gasteiger partial charge on any atom is 0.251 e. The maximum absolute atomic E-state index is 12.6. The van der Waals surface area contributed by atoms with E-state index in [-0.39, 0.29) is 17.7 Å². The second-order valence-corrected chi connectivity index (χ2v) is 9.32. The van der Waals surface area contributed by atoms with Crippen molar-refractivity contribution in [3.63, 3.8) is 0 Å². The number of unbranched alkanes of at least 4 members (excludes halogenated alkanes) is 7. The minimum absolute atomic E-state index is 0.0779. The topological polar surface area (TPSA) is 60.9 Å². The Morgan fingerprint density at radius 2 is 1.69 bits per heavy atom. The van der Waals surface area contributed by atoms with Crippen molar-refractivity contribution in [3.05, 3.63) is 0 Å². The fourth-order valence-corrected chi connectivity index (χ4v) is 4.28. The lowest BCUT2D eigenvalue weighted by molar-refractivity contribution is -0.127. The molecular formula is C23H42N2O3S. The normalized spacial score (nSPS) is 19.1. The molecule has 1 rings (SSSR count).